The molecule has 5 heteroatoms. The van der Waals surface area contributed by atoms with Crippen molar-refractivity contribution in [2.24, 2.45) is 5.84 Å². The van der Waals surface area contributed by atoms with Crippen LogP contribution in [0.5, 0.6) is 0 Å². The Morgan fingerprint density at radius 3 is 3.12 bits per heavy atom. The molecule has 2 atom stereocenters. The maximum Gasteiger partial charge on any atom is 0.128 e. The van der Waals surface area contributed by atoms with E-state index in [1.165, 1.54) is 18.6 Å². The highest BCUT2D eigenvalue weighted by atomic mass is 32.2. The summed E-state index contributed by atoms with van der Waals surface area (Å²) in [6, 6.07) is 0.134. The molecule has 4 nitrogen and oxygen atoms in total. The molecule has 0 amide bonds. The highest BCUT2D eigenvalue weighted by molar-refractivity contribution is 8.00. The molecule has 0 saturated carbocycles. The molecular formula is C11H20N4S. The first kappa shape index (κ1) is 12.0. The minimum Gasteiger partial charge on any atom is -0.334 e. The molecule has 2 rings (SSSR count). The Hall–Kier alpha value is -0.520. The molecule has 1 aliphatic heterocycles. The monoisotopic (exact) mass is 240 g/mol. The number of hydrazine groups is 1. The highest BCUT2D eigenvalue weighted by Gasteiger charge is 2.40. The molecule has 3 N–H and O–H groups in total. The fourth-order valence-electron chi connectivity index (χ4n) is 2.40. The van der Waals surface area contributed by atoms with Gasteiger partial charge in [0.15, 0.2) is 0 Å². The molecule has 1 fully saturated rings. The SMILES string of the molecule is CCn1ccnc1C(NN)C1(C)CCCS1. The molecule has 2 heterocycles. The predicted molar refractivity (Wildman–Crippen MR) is 68.1 cm³/mol. The third kappa shape index (κ3) is 1.99. The molecule has 1 aliphatic rings. The smallest absolute Gasteiger partial charge is 0.128 e. The van der Waals surface area contributed by atoms with Crippen LogP contribution in [0.15, 0.2) is 12.4 Å². The molecule has 0 aromatic carbocycles. The number of imidazole rings is 1. The van der Waals surface area contributed by atoms with Crippen molar-refractivity contribution in [2.45, 2.75) is 44.0 Å². The lowest BCUT2D eigenvalue weighted by atomic mass is 9.96. The van der Waals surface area contributed by atoms with Crippen molar-refractivity contribution in [3.63, 3.8) is 0 Å². The van der Waals surface area contributed by atoms with Gasteiger partial charge in [0.1, 0.15) is 5.82 Å². The van der Waals surface area contributed by atoms with Gasteiger partial charge >= 0.3 is 0 Å². The molecule has 0 spiro atoms. The van der Waals surface area contributed by atoms with E-state index in [2.05, 4.69) is 28.8 Å². The number of aromatic nitrogens is 2. The quantitative estimate of drug-likeness (QED) is 0.621. The van der Waals surface area contributed by atoms with Crippen LogP contribution in [0.3, 0.4) is 0 Å². The number of aryl methyl sites for hydroxylation is 1. The van der Waals surface area contributed by atoms with Crippen LogP contribution in [-0.4, -0.2) is 20.1 Å². The van der Waals surface area contributed by atoms with Crippen molar-refractivity contribution < 1.29 is 0 Å². The minimum atomic E-state index is 0.134. The number of nitrogens with one attached hydrogen (secondary N) is 1. The molecule has 0 bridgehead atoms. The molecule has 1 aromatic heterocycles. The third-order valence-electron chi connectivity index (χ3n) is 3.37. The molecule has 16 heavy (non-hydrogen) atoms. The van der Waals surface area contributed by atoms with Crippen LogP contribution in [0.1, 0.15) is 38.6 Å². The van der Waals surface area contributed by atoms with E-state index in [0.29, 0.717) is 0 Å². The van der Waals surface area contributed by atoms with Crippen LogP contribution in [-0.2, 0) is 6.54 Å². The number of hydrogen-bond acceptors (Lipinski definition) is 4. The van der Waals surface area contributed by atoms with Gasteiger partial charge < -0.3 is 4.57 Å². The topological polar surface area (TPSA) is 55.9 Å². The van der Waals surface area contributed by atoms with E-state index < -0.39 is 0 Å². The average molecular weight is 240 g/mol. The lowest BCUT2D eigenvalue weighted by Gasteiger charge is -2.32. The second-order valence-corrected chi connectivity index (χ2v) is 6.07. The number of rotatable bonds is 4. The summed E-state index contributed by atoms with van der Waals surface area (Å²) in [5.41, 5.74) is 2.96. The minimum absolute atomic E-state index is 0.134. The first-order chi connectivity index (χ1) is 7.71. The standard InChI is InChI=1S/C11H20N4S/c1-3-15-7-6-13-10(15)9(14-12)11(2)5-4-8-16-11/h6-7,9,14H,3-5,8,12H2,1-2H3. The summed E-state index contributed by atoms with van der Waals surface area (Å²) in [7, 11) is 0. The van der Waals surface area contributed by atoms with E-state index in [0.717, 1.165) is 12.4 Å². The Morgan fingerprint density at radius 1 is 1.75 bits per heavy atom. The molecule has 0 aliphatic carbocycles. The van der Waals surface area contributed by atoms with Crippen LogP contribution >= 0.6 is 11.8 Å². The van der Waals surface area contributed by atoms with Crippen molar-refractivity contribution in [1.82, 2.24) is 15.0 Å². The Kier molecular flexibility index (Phi) is 3.56. The van der Waals surface area contributed by atoms with Crippen molar-refractivity contribution in [1.29, 1.82) is 0 Å². The van der Waals surface area contributed by atoms with E-state index in [-0.39, 0.29) is 10.8 Å². The van der Waals surface area contributed by atoms with E-state index in [1.54, 1.807) is 0 Å². The van der Waals surface area contributed by atoms with Gasteiger partial charge in [-0.2, -0.15) is 11.8 Å². The Balaban J connectivity index is 2.28. The van der Waals surface area contributed by atoms with E-state index >= 15 is 0 Å². The van der Waals surface area contributed by atoms with Gasteiger partial charge in [-0.05, 0) is 32.4 Å². The second kappa shape index (κ2) is 4.77. The van der Waals surface area contributed by atoms with Gasteiger partial charge in [-0.25, -0.2) is 10.4 Å². The maximum atomic E-state index is 5.74. The summed E-state index contributed by atoms with van der Waals surface area (Å²) in [6.45, 7) is 5.35. The van der Waals surface area contributed by atoms with Gasteiger partial charge in [-0.15, -0.1) is 0 Å². The van der Waals surface area contributed by atoms with Gasteiger partial charge in [-0.3, -0.25) is 5.84 Å². The molecule has 1 aromatic rings. The average Bonchev–Trinajstić information content (AvgIpc) is 2.89. The van der Waals surface area contributed by atoms with Crippen molar-refractivity contribution in [3.8, 4) is 0 Å². The zero-order valence-electron chi connectivity index (χ0n) is 9.94. The van der Waals surface area contributed by atoms with Crippen molar-refractivity contribution >= 4 is 11.8 Å². The van der Waals surface area contributed by atoms with Crippen LogP contribution in [0, 0.1) is 0 Å². The highest BCUT2D eigenvalue weighted by Crippen LogP contribution is 2.45. The molecule has 90 valence electrons. The lowest BCUT2D eigenvalue weighted by molar-refractivity contribution is 0.391. The largest absolute Gasteiger partial charge is 0.334 e. The number of hydrogen-bond donors (Lipinski definition) is 2. The number of nitrogens with zero attached hydrogens (tertiary/aromatic N) is 2. The van der Waals surface area contributed by atoms with Crippen LogP contribution in [0.2, 0.25) is 0 Å². The zero-order valence-corrected chi connectivity index (χ0v) is 10.8. The van der Waals surface area contributed by atoms with Gasteiger partial charge in [0, 0.05) is 23.7 Å². The number of thioether (sulfide) groups is 1. The Morgan fingerprint density at radius 2 is 2.56 bits per heavy atom. The first-order valence-electron chi connectivity index (χ1n) is 5.82. The normalized spacial score (nSPS) is 27.2. The summed E-state index contributed by atoms with van der Waals surface area (Å²) in [4.78, 5) is 4.46. The fraction of sp³-hybridized carbons (Fsp3) is 0.727. The number of nitrogens with two attached hydrogens (primary N) is 1. The summed E-state index contributed by atoms with van der Waals surface area (Å²) in [6.07, 6.45) is 6.34. The maximum absolute atomic E-state index is 5.74. The van der Waals surface area contributed by atoms with E-state index in [1.807, 2.05) is 24.2 Å². The summed E-state index contributed by atoms with van der Waals surface area (Å²) in [5, 5.41) is 0. The molecule has 2 unspecified atom stereocenters. The molecular weight excluding hydrogens is 220 g/mol. The summed E-state index contributed by atoms with van der Waals surface area (Å²) < 4.78 is 2.34. The first-order valence-corrected chi connectivity index (χ1v) is 6.81. The van der Waals surface area contributed by atoms with Crippen LogP contribution in [0.25, 0.3) is 0 Å². The van der Waals surface area contributed by atoms with E-state index in [9.17, 15) is 0 Å². The predicted octanol–water partition coefficient (Wildman–Crippen LogP) is 1.69. The van der Waals surface area contributed by atoms with Gasteiger partial charge in [0.05, 0.1) is 6.04 Å². The van der Waals surface area contributed by atoms with Gasteiger partial charge in [0.2, 0.25) is 0 Å². The molecule has 0 radical (unpaired) electrons. The van der Waals surface area contributed by atoms with Gasteiger partial charge in [0.25, 0.3) is 0 Å². The Bertz CT molecular complexity index is 344. The fourth-order valence-corrected chi connectivity index (χ4v) is 3.78. The van der Waals surface area contributed by atoms with Crippen molar-refractivity contribution in [2.75, 3.05) is 5.75 Å². The van der Waals surface area contributed by atoms with Crippen LogP contribution in [0.4, 0.5) is 0 Å². The Labute approximate surface area is 101 Å². The molecule has 1 saturated heterocycles. The van der Waals surface area contributed by atoms with Gasteiger partial charge in [-0.1, -0.05) is 0 Å². The lowest BCUT2D eigenvalue weighted by Crippen LogP contribution is -2.42. The summed E-state index contributed by atoms with van der Waals surface area (Å²) in [5.74, 6) is 8.02. The summed E-state index contributed by atoms with van der Waals surface area (Å²) >= 11 is 2.00. The van der Waals surface area contributed by atoms with E-state index in [4.69, 9.17) is 5.84 Å². The second-order valence-electron chi connectivity index (χ2n) is 4.44. The van der Waals surface area contributed by atoms with Crippen molar-refractivity contribution in [3.05, 3.63) is 18.2 Å². The zero-order chi connectivity index (χ0) is 11.6. The third-order valence-corrected chi connectivity index (χ3v) is 4.97. The van der Waals surface area contributed by atoms with Crippen LogP contribution < -0.4 is 11.3 Å².